The summed E-state index contributed by atoms with van der Waals surface area (Å²) in [7, 11) is 0. The fourth-order valence-corrected chi connectivity index (χ4v) is 8.10. The molecule has 1 amide bonds. The van der Waals surface area contributed by atoms with E-state index in [1.807, 2.05) is 87.5 Å². The third-order valence-corrected chi connectivity index (χ3v) is 11.4. The summed E-state index contributed by atoms with van der Waals surface area (Å²) in [5.74, 6) is 2.19. The molecular weight excluding hydrogens is 1050 g/mol. The van der Waals surface area contributed by atoms with Gasteiger partial charge in [0.2, 0.25) is 11.9 Å². The number of hydrogen-bond donors (Lipinski definition) is 3. The van der Waals surface area contributed by atoms with Crippen LogP contribution in [0.15, 0.2) is 115 Å². The zero-order valence-corrected chi connectivity index (χ0v) is 44.7. The van der Waals surface area contributed by atoms with Gasteiger partial charge in [-0.25, -0.2) is 44.1 Å². The average molecular weight is 1100 g/mol. The summed E-state index contributed by atoms with van der Waals surface area (Å²) >= 11 is 3.60. The second-order valence-corrected chi connectivity index (χ2v) is 18.1. The van der Waals surface area contributed by atoms with Crippen LogP contribution in [0.4, 0.5) is 28.1 Å². The van der Waals surface area contributed by atoms with Crippen molar-refractivity contribution in [2.75, 3.05) is 36.8 Å². The van der Waals surface area contributed by atoms with Crippen LogP contribution in [0.3, 0.4) is 0 Å². The molecule has 0 radical (unpaired) electrons. The van der Waals surface area contributed by atoms with Crippen molar-refractivity contribution in [3.05, 3.63) is 145 Å². The first-order valence-corrected chi connectivity index (χ1v) is 23.3. The topological polar surface area (TPSA) is 268 Å². The van der Waals surface area contributed by atoms with E-state index in [-0.39, 0.29) is 37.8 Å². The fraction of sp³-hybridized carbons (Fsp3) is 0.280. The number of fused-ring (bicyclic) bond motifs is 2. The standard InChI is InChI=1S/C26H28BrN7O3.C22H20N8O.2CN.Zn/c1-26(2,3)37-25(35)33-8-7-20(14-33)36-23-11-22-18(10-21(23)27)12-29-24(32-22)31-19-6-4-5-17(9-19)13-34-16-28-15-30-34;23-9-16-7-17-10-26-22(29-20(17)8-21(16)31-19-4-5-24-11-19)28-18-3-1-2-15(6-18)12-30-14-25-13-27-30;2*1-2;/h4-6,9-12,15-16,20H,7-8,13-14H2,1-3H3,(H,29,31,32);1-3,6-8,10,13-14,19,24H,4-5,11-12H2,(H,26,28,29);;;/q;;2*-1;+2. The summed E-state index contributed by atoms with van der Waals surface area (Å²) in [6.07, 6.45) is 11.2. The first-order valence-electron chi connectivity index (χ1n) is 22.5. The minimum absolute atomic E-state index is 0. The van der Waals surface area contributed by atoms with Crippen molar-refractivity contribution < 1.29 is 38.5 Å². The van der Waals surface area contributed by atoms with Gasteiger partial charge in [-0.2, -0.15) is 15.5 Å². The van der Waals surface area contributed by atoms with Gasteiger partial charge in [-0.05, 0) is 97.2 Å². The molecule has 2 fully saturated rings. The van der Waals surface area contributed by atoms with Crippen LogP contribution in [0.5, 0.6) is 11.5 Å². The molecule has 366 valence electrons. The molecule has 2 saturated heterocycles. The number of hydrogen-bond acceptors (Lipinski definition) is 18. The molecule has 2 unspecified atom stereocenters. The molecular formula is C50H48BrN17O4Zn. The Morgan fingerprint density at radius 3 is 1.88 bits per heavy atom. The average Bonchev–Trinajstić information content (AvgIpc) is 4.24. The number of halogens is 1. The van der Waals surface area contributed by atoms with E-state index >= 15 is 0 Å². The number of rotatable bonds is 12. The number of carbonyl (C=O) groups excluding carboxylic acids is 1. The second kappa shape index (κ2) is 25.8. The number of ether oxygens (including phenoxy) is 3. The van der Waals surface area contributed by atoms with E-state index < -0.39 is 5.60 Å². The van der Waals surface area contributed by atoms with Crippen LogP contribution >= 0.6 is 15.9 Å². The maximum absolute atomic E-state index is 12.4. The molecule has 0 spiro atoms. The van der Waals surface area contributed by atoms with E-state index in [4.69, 9.17) is 42.9 Å². The summed E-state index contributed by atoms with van der Waals surface area (Å²) in [5.41, 5.74) is 5.33. The normalized spacial score (nSPS) is 14.6. The van der Waals surface area contributed by atoms with E-state index in [0.29, 0.717) is 55.1 Å². The predicted molar refractivity (Wildman–Crippen MR) is 268 cm³/mol. The zero-order chi connectivity index (χ0) is 51.0. The van der Waals surface area contributed by atoms with Gasteiger partial charge in [0.1, 0.15) is 60.7 Å². The Bertz CT molecular complexity index is 3170. The van der Waals surface area contributed by atoms with Gasteiger partial charge >= 0.3 is 25.6 Å². The smallest absolute Gasteiger partial charge is 0.512 e. The Hall–Kier alpha value is -8.16. The zero-order valence-electron chi connectivity index (χ0n) is 40.2. The quantitative estimate of drug-likeness (QED) is 0.0773. The fourth-order valence-electron chi connectivity index (χ4n) is 7.65. The van der Waals surface area contributed by atoms with Crippen LogP contribution in [0.1, 0.15) is 50.3 Å². The predicted octanol–water partition coefficient (Wildman–Crippen LogP) is 7.98. The number of anilines is 4. The van der Waals surface area contributed by atoms with Crippen molar-refractivity contribution in [1.82, 2.24) is 59.7 Å². The molecule has 10 rings (SSSR count). The maximum Gasteiger partial charge on any atom is 2.00 e. The molecule has 2 aliphatic heterocycles. The molecule has 8 aromatic rings. The van der Waals surface area contributed by atoms with Crippen LogP contribution in [0, 0.1) is 35.0 Å². The van der Waals surface area contributed by atoms with E-state index in [1.165, 1.54) is 12.7 Å². The van der Waals surface area contributed by atoms with Gasteiger partial charge in [0.05, 0.1) is 40.7 Å². The number of aromatic nitrogens is 10. The Morgan fingerprint density at radius 2 is 1.36 bits per heavy atom. The van der Waals surface area contributed by atoms with Crippen molar-refractivity contribution in [2.45, 2.75) is 64.5 Å². The van der Waals surface area contributed by atoms with E-state index in [0.717, 1.165) is 74.7 Å². The number of carbonyl (C=O) groups is 1. The monoisotopic (exact) mass is 1090 g/mol. The molecule has 6 heterocycles. The Balaban J connectivity index is 0.000000223. The minimum Gasteiger partial charge on any atom is -0.512 e. The SMILES string of the molecule is CC(C)(C)OC(=O)N1CCC(Oc2cc3nc(Nc4cccc(Cn5cncn5)c4)ncc3cc2Br)C1.N#Cc1cc2cnc(Nc3cccc(Cn4cncn4)c3)nc2cc1OC1CCNC1.[C-]#N.[C-]#N.[Zn+2]. The number of likely N-dealkylation sites (tertiary alicyclic amines) is 1. The second-order valence-electron chi connectivity index (χ2n) is 17.3. The first-order chi connectivity index (χ1) is 35.0. The van der Waals surface area contributed by atoms with E-state index in [9.17, 15) is 10.1 Å². The molecule has 3 N–H and O–H groups in total. The summed E-state index contributed by atoms with van der Waals surface area (Å²) < 4.78 is 22.1. The van der Waals surface area contributed by atoms with Crippen molar-refractivity contribution in [3.8, 4) is 17.6 Å². The minimum atomic E-state index is -0.526. The van der Waals surface area contributed by atoms with Crippen LogP contribution in [0.25, 0.3) is 21.8 Å². The Labute approximate surface area is 442 Å². The molecule has 0 bridgehead atoms. The maximum atomic E-state index is 12.4. The van der Waals surface area contributed by atoms with Crippen molar-refractivity contribution >= 4 is 67.1 Å². The van der Waals surface area contributed by atoms with Gasteiger partial charge in [-0.1, -0.05) is 24.3 Å². The van der Waals surface area contributed by atoms with Crippen LogP contribution in [-0.2, 0) is 37.3 Å². The van der Waals surface area contributed by atoms with Crippen LogP contribution in [-0.4, -0.2) is 104 Å². The number of nitriles is 1. The number of nitrogens with zero attached hydrogens (tertiary/aromatic N) is 14. The number of benzene rings is 4. The molecule has 0 aliphatic carbocycles. The van der Waals surface area contributed by atoms with Crippen molar-refractivity contribution in [2.24, 2.45) is 0 Å². The van der Waals surface area contributed by atoms with Crippen molar-refractivity contribution in [1.29, 1.82) is 15.8 Å². The van der Waals surface area contributed by atoms with Gasteiger partial charge < -0.3 is 58.7 Å². The molecule has 21 nitrogen and oxygen atoms in total. The summed E-state index contributed by atoms with van der Waals surface area (Å²) in [6, 6.07) is 25.6. The Morgan fingerprint density at radius 1 is 0.795 bits per heavy atom. The largest absolute Gasteiger partial charge is 2.00 e. The van der Waals surface area contributed by atoms with Gasteiger partial charge in [0.25, 0.3) is 0 Å². The third-order valence-electron chi connectivity index (χ3n) is 10.8. The van der Waals surface area contributed by atoms with Crippen molar-refractivity contribution in [3.63, 3.8) is 0 Å². The molecule has 4 aromatic heterocycles. The Kier molecular flexibility index (Phi) is 19.2. The van der Waals surface area contributed by atoms with Gasteiger partial charge in [0, 0.05) is 66.2 Å². The van der Waals surface area contributed by atoms with E-state index in [2.05, 4.69) is 73.1 Å². The van der Waals surface area contributed by atoms with Crippen LogP contribution in [0.2, 0.25) is 0 Å². The molecule has 23 heteroatoms. The van der Waals surface area contributed by atoms with Crippen LogP contribution < -0.4 is 25.4 Å². The summed E-state index contributed by atoms with van der Waals surface area (Å²) in [4.78, 5) is 40.2. The summed E-state index contributed by atoms with van der Waals surface area (Å²) in [5, 5.41) is 41.8. The molecule has 2 aliphatic rings. The first kappa shape index (κ1) is 54.2. The molecule has 73 heavy (non-hydrogen) atoms. The van der Waals surface area contributed by atoms with E-state index in [1.54, 1.807) is 45.4 Å². The van der Waals surface area contributed by atoms with Gasteiger partial charge in [-0.3, -0.25) is 0 Å². The molecule has 4 aromatic carbocycles. The molecule has 2 atom stereocenters. The third kappa shape index (κ3) is 15.2. The summed E-state index contributed by atoms with van der Waals surface area (Å²) in [6.45, 7) is 19.1. The van der Waals surface area contributed by atoms with Gasteiger partial charge in [0.15, 0.2) is 0 Å². The molecule has 0 saturated carbocycles. The number of amides is 1. The number of nitrogens with one attached hydrogen (secondary N) is 3. The van der Waals surface area contributed by atoms with Gasteiger partial charge in [-0.15, -0.1) is 0 Å².